The number of anilines is 2. The van der Waals surface area contributed by atoms with E-state index in [1.165, 1.54) is 39.9 Å². The van der Waals surface area contributed by atoms with Crippen molar-refractivity contribution in [3.05, 3.63) is 76.2 Å². The number of hydrogen-bond donors (Lipinski definition) is 2. The molecule has 34 heavy (non-hydrogen) atoms. The molecule has 8 nitrogen and oxygen atoms in total. The first-order valence-corrected chi connectivity index (χ1v) is 13.1. The highest BCUT2D eigenvalue weighted by atomic mass is 32.2. The zero-order valence-corrected chi connectivity index (χ0v) is 20.6. The van der Waals surface area contributed by atoms with Crippen LogP contribution in [0.15, 0.2) is 59.5 Å². The van der Waals surface area contributed by atoms with Crippen molar-refractivity contribution in [3.63, 3.8) is 0 Å². The number of nitrogens with one attached hydrogen (secondary N) is 1. The van der Waals surface area contributed by atoms with Crippen molar-refractivity contribution in [1.29, 1.82) is 0 Å². The highest BCUT2D eigenvalue weighted by Crippen LogP contribution is 2.37. The van der Waals surface area contributed by atoms with Crippen molar-refractivity contribution in [3.8, 4) is 0 Å². The van der Waals surface area contributed by atoms with E-state index in [0.717, 1.165) is 17.0 Å². The van der Waals surface area contributed by atoms with Gasteiger partial charge in [0.1, 0.15) is 5.00 Å². The van der Waals surface area contributed by atoms with Crippen LogP contribution in [0.3, 0.4) is 0 Å². The van der Waals surface area contributed by atoms with E-state index in [4.69, 9.17) is 5.73 Å². The summed E-state index contributed by atoms with van der Waals surface area (Å²) in [5.74, 6) is -1.01. The van der Waals surface area contributed by atoms with Gasteiger partial charge in [-0.15, -0.1) is 11.3 Å². The van der Waals surface area contributed by atoms with Crippen molar-refractivity contribution < 1.29 is 18.0 Å². The van der Waals surface area contributed by atoms with E-state index in [2.05, 4.69) is 10.2 Å². The quantitative estimate of drug-likeness (QED) is 0.519. The second kappa shape index (κ2) is 9.57. The van der Waals surface area contributed by atoms with Crippen LogP contribution in [0.25, 0.3) is 0 Å². The van der Waals surface area contributed by atoms with Crippen LogP contribution in [-0.4, -0.2) is 45.3 Å². The number of fused-ring (bicyclic) bond motifs is 1. The Morgan fingerprint density at radius 2 is 1.79 bits per heavy atom. The molecule has 3 N–H and O–H groups in total. The van der Waals surface area contributed by atoms with E-state index in [9.17, 15) is 18.0 Å². The molecule has 0 spiro atoms. The van der Waals surface area contributed by atoms with Crippen molar-refractivity contribution in [2.45, 2.75) is 24.8 Å². The van der Waals surface area contributed by atoms with Gasteiger partial charge in [-0.05, 0) is 62.4 Å². The first-order valence-electron chi connectivity index (χ1n) is 10.8. The number of nitrogens with zero attached hydrogens (tertiary/aromatic N) is 2. The average molecular weight is 499 g/mol. The molecule has 1 aliphatic rings. The second-order valence-corrected chi connectivity index (χ2v) is 11.0. The molecule has 0 atom stereocenters. The minimum atomic E-state index is -3.79. The summed E-state index contributed by atoms with van der Waals surface area (Å²) in [5, 5.41) is 3.23. The molecule has 3 aromatic rings. The first-order chi connectivity index (χ1) is 16.2. The number of rotatable bonds is 7. The van der Waals surface area contributed by atoms with E-state index in [1.807, 2.05) is 13.1 Å². The maximum Gasteiger partial charge on any atom is 0.264 e. The smallest absolute Gasteiger partial charge is 0.264 e. The van der Waals surface area contributed by atoms with E-state index < -0.39 is 21.8 Å². The molecule has 0 fully saturated rings. The molecule has 0 bridgehead atoms. The van der Waals surface area contributed by atoms with Crippen LogP contribution in [0.4, 0.5) is 10.7 Å². The number of thiophene rings is 1. The molecule has 2 amide bonds. The third-order valence-corrected chi connectivity index (χ3v) is 8.81. The lowest BCUT2D eigenvalue weighted by atomic mass is 10.0. The summed E-state index contributed by atoms with van der Waals surface area (Å²) >= 11 is 1.35. The Morgan fingerprint density at radius 1 is 1.12 bits per heavy atom. The molecule has 1 aliphatic heterocycles. The van der Waals surface area contributed by atoms with Crippen LogP contribution in [0.2, 0.25) is 0 Å². The number of sulfonamides is 1. The lowest BCUT2D eigenvalue weighted by Crippen LogP contribution is -2.30. The maximum absolute atomic E-state index is 13.2. The highest BCUT2D eigenvalue weighted by molar-refractivity contribution is 7.92. The van der Waals surface area contributed by atoms with Crippen molar-refractivity contribution in [2.75, 3.05) is 29.8 Å². The van der Waals surface area contributed by atoms with Gasteiger partial charge < -0.3 is 16.0 Å². The van der Waals surface area contributed by atoms with Crippen LogP contribution in [-0.2, 0) is 23.0 Å². The number of nitrogens with two attached hydrogens (primary N) is 1. The van der Waals surface area contributed by atoms with Crippen LogP contribution >= 0.6 is 11.3 Å². The molecule has 0 radical (unpaired) electrons. The van der Waals surface area contributed by atoms with Crippen molar-refractivity contribution >= 4 is 43.9 Å². The number of carbonyl (C=O) groups is 2. The van der Waals surface area contributed by atoms with Gasteiger partial charge in [0, 0.05) is 30.1 Å². The minimum absolute atomic E-state index is 0.0854. The molecule has 178 valence electrons. The Morgan fingerprint density at radius 3 is 2.41 bits per heavy atom. The maximum atomic E-state index is 13.2. The zero-order chi connectivity index (χ0) is 24.5. The lowest BCUT2D eigenvalue weighted by Gasteiger charge is -2.23. The summed E-state index contributed by atoms with van der Waals surface area (Å²) in [6.45, 7) is 3.53. The molecule has 4 rings (SSSR count). The summed E-state index contributed by atoms with van der Waals surface area (Å²) in [5.41, 5.74) is 7.73. The fourth-order valence-corrected chi connectivity index (χ4v) is 6.85. The predicted molar refractivity (Wildman–Crippen MR) is 134 cm³/mol. The van der Waals surface area contributed by atoms with Gasteiger partial charge in [0.15, 0.2) is 0 Å². The number of hydrogen-bond acceptors (Lipinski definition) is 6. The van der Waals surface area contributed by atoms with E-state index >= 15 is 0 Å². The van der Waals surface area contributed by atoms with Crippen LogP contribution in [0.5, 0.6) is 0 Å². The van der Waals surface area contributed by atoms with Gasteiger partial charge in [-0.1, -0.05) is 18.2 Å². The van der Waals surface area contributed by atoms with Gasteiger partial charge in [0.05, 0.1) is 16.1 Å². The standard InChI is InChI=1S/C24H26N4O4S2/c1-3-28(17-7-5-4-6-8-17)34(31,32)18-11-9-16(10-12-18)23(30)26-24-21(22(25)29)19-13-14-27(2)15-20(19)33-24/h4-12H,3,13-15H2,1-2H3,(H2,25,29)(H,26,30). The molecule has 0 unspecified atom stereocenters. The number of primary amides is 1. The normalized spacial score (nSPS) is 13.8. The fourth-order valence-electron chi connectivity index (χ4n) is 4.05. The van der Waals surface area contributed by atoms with Crippen LogP contribution in [0, 0.1) is 0 Å². The highest BCUT2D eigenvalue weighted by Gasteiger charge is 2.27. The number of carbonyl (C=O) groups excluding carboxylic acids is 2. The lowest BCUT2D eigenvalue weighted by molar-refractivity contribution is 0.1000. The second-order valence-electron chi connectivity index (χ2n) is 8.04. The van der Waals surface area contributed by atoms with Gasteiger partial charge in [-0.2, -0.15) is 0 Å². The third kappa shape index (κ3) is 4.56. The summed E-state index contributed by atoms with van der Waals surface area (Å²) in [6, 6.07) is 14.6. The van der Waals surface area contributed by atoms with E-state index in [0.29, 0.717) is 29.2 Å². The number of para-hydroxylation sites is 1. The minimum Gasteiger partial charge on any atom is -0.365 e. The predicted octanol–water partition coefficient (Wildman–Crippen LogP) is 3.30. The van der Waals surface area contributed by atoms with Crippen molar-refractivity contribution in [1.82, 2.24) is 4.90 Å². The largest absolute Gasteiger partial charge is 0.365 e. The Balaban J connectivity index is 1.57. The third-order valence-electron chi connectivity index (χ3n) is 5.76. The summed E-state index contributed by atoms with van der Waals surface area (Å²) in [7, 11) is -1.80. The monoisotopic (exact) mass is 498 g/mol. The number of benzene rings is 2. The topological polar surface area (TPSA) is 113 Å². The molecule has 1 aromatic heterocycles. The van der Waals surface area contributed by atoms with Crippen LogP contribution in [0.1, 0.15) is 38.1 Å². The van der Waals surface area contributed by atoms with Gasteiger partial charge in [-0.25, -0.2) is 8.42 Å². The van der Waals surface area contributed by atoms with Crippen LogP contribution < -0.4 is 15.4 Å². The molecule has 2 aromatic carbocycles. The molecular weight excluding hydrogens is 472 g/mol. The molecule has 0 aliphatic carbocycles. The first kappa shape index (κ1) is 23.9. The molecule has 0 saturated carbocycles. The van der Waals surface area contributed by atoms with Gasteiger partial charge in [0.2, 0.25) is 0 Å². The molecule has 2 heterocycles. The van der Waals surface area contributed by atoms with Gasteiger partial charge >= 0.3 is 0 Å². The Labute approximate surface area is 203 Å². The number of likely N-dealkylation sites (N-methyl/N-ethyl adjacent to an activating group) is 1. The summed E-state index contributed by atoms with van der Waals surface area (Å²) in [4.78, 5) is 28.3. The molecule has 10 heteroatoms. The number of amides is 2. The SMILES string of the molecule is CCN(c1ccccc1)S(=O)(=O)c1ccc(C(=O)Nc2sc3c(c2C(N)=O)CCN(C)C3)cc1. The van der Waals surface area contributed by atoms with Gasteiger partial charge in [-0.3, -0.25) is 13.9 Å². The summed E-state index contributed by atoms with van der Waals surface area (Å²) in [6.07, 6.45) is 0.693. The van der Waals surface area contributed by atoms with Crippen molar-refractivity contribution in [2.24, 2.45) is 5.73 Å². The zero-order valence-electron chi connectivity index (χ0n) is 18.9. The molecular formula is C24H26N4O4S2. The Kier molecular flexibility index (Phi) is 6.74. The fraction of sp³-hybridized carbons (Fsp3) is 0.250. The molecule has 0 saturated heterocycles. The van der Waals surface area contributed by atoms with E-state index in [-0.39, 0.29) is 17.0 Å². The summed E-state index contributed by atoms with van der Waals surface area (Å²) < 4.78 is 27.6. The van der Waals surface area contributed by atoms with E-state index in [1.54, 1.807) is 31.2 Å². The van der Waals surface area contributed by atoms with Gasteiger partial charge in [0.25, 0.3) is 21.8 Å². The average Bonchev–Trinajstić information content (AvgIpc) is 3.17. The Bertz CT molecular complexity index is 1320. The Hall–Kier alpha value is -3.21.